The predicted molar refractivity (Wildman–Crippen MR) is 132 cm³/mol. The fraction of sp³-hybridized carbons (Fsp3) is 0.0968. The van der Waals surface area contributed by atoms with Crippen LogP contribution in [0.5, 0.6) is 0 Å². The van der Waals surface area contributed by atoms with Crippen molar-refractivity contribution in [3.05, 3.63) is 130 Å². The normalized spacial score (nSPS) is 10.7. The molecule has 0 nitrogen and oxygen atoms in total. The molecule has 0 amide bonds. The maximum atomic E-state index is 14.6. The second-order valence-corrected chi connectivity index (χ2v) is 7.95. The highest BCUT2D eigenvalue weighted by Gasteiger charge is 2.09. The molecule has 0 bridgehead atoms. The summed E-state index contributed by atoms with van der Waals surface area (Å²) in [5, 5.41) is 0.936. The molecule has 0 spiro atoms. The standard InChI is InChI=1S/C31H20F4/c1-2-3-4-5-21-6-8-22(9-7-21)10-11-24-17-28(32)27(29(33)18-24)15-13-23-12-14-25-19-30(34)31(35)20-26(25)16-23/h2-3,6-9,12,14,16-20H,4-5H2,1H3/b3-2+. The van der Waals surface area contributed by atoms with Crippen molar-refractivity contribution in [2.45, 2.75) is 19.8 Å². The van der Waals surface area contributed by atoms with Crippen LogP contribution in [0.15, 0.2) is 78.9 Å². The van der Waals surface area contributed by atoms with Crippen molar-refractivity contribution in [2.24, 2.45) is 0 Å². The molecule has 4 aromatic rings. The molecule has 0 saturated carbocycles. The van der Waals surface area contributed by atoms with Crippen molar-refractivity contribution in [1.82, 2.24) is 0 Å². The second kappa shape index (κ2) is 10.8. The van der Waals surface area contributed by atoms with E-state index in [1.54, 1.807) is 12.1 Å². The minimum absolute atomic E-state index is 0.200. The average molecular weight is 468 g/mol. The number of aryl methyl sites for hydroxylation is 1. The van der Waals surface area contributed by atoms with E-state index in [9.17, 15) is 17.6 Å². The number of benzene rings is 4. The molecule has 0 aliphatic carbocycles. The summed E-state index contributed by atoms with van der Waals surface area (Å²) in [6.07, 6.45) is 6.03. The highest BCUT2D eigenvalue weighted by atomic mass is 19.2. The molecular weight excluding hydrogens is 448 g/mol. The van der Waals surface area contributed by atoms with E-state index in [0.29, 0.717) is 16.3 Å². The maximum Gasteiger partial charge on any atom is 0.159 e. The van der Waals surface area contributed by atoms with Crippen LogP contribution in [0.25, 0.3) is 10.8 Å². The van der Waals surface area contributed by atoms with Crippen LogP contribution in [-0.2, 0) is 6.42 Å². The SMILES string of the molecule is C/C=C/CCc1ccc(C#Cc2cc(F)c(C#Cc3ccc4cc(F)c(F)cc4c3)c(F)c2)cc1. The van der Waals surface area contributed by atoms with Gasteiger partial charge in [0.2, 0.25) is 0 Å². The predicted octanol–water partition coefficient (Wildman–Crippen LogP) is 7.70. The number of fused-ring (bicyclic) bond motifs is 1. The van der Waals surface area contributed by atoms with Gasteiger partial charge in [0.15, 0.2) is 11.6 Å². The molecule has 0 atom stereocenters. The van der Waals surface area contributed by atoms with E-state index in [1.807, 2.05) is 37.3 Å². The smallest absolute Gasteiger partial charge is 0.159 e. The Morgan fingerprint density at radius 1 is 0.600 bits per heavy atom. The van der Waals surface area contributed by atoms with Crippen LogP contribution in [0.3, 0.4) is 0 Å². The lowest BCUT2D eigenvalue weighted by molar-refractivity contribution is 0.511. The van der Waals surface area contributed by atoms with E-state index in [1.165, 1.54) is 11.6 Å². The Kier molecular flexibility index (Phi) is 7.34. The molecule has 0 aromatic heterocycles. The molecule has 35 heavy (non-hydrogen) atoms. The number of halogens is 4. The fourth-order valence-corrected chi connectivity index (χ4v) is 3.54. The molecule has 4 rings (SSSR count). The van der Waals surface area contributed by atoms with Crippen molar-refractivity contribution >= 4 is 10.8 Å². The van der Waals surface area contributed by atoms with Gasteiger partial charge < -0.3 is 0 Å². The molecule has 0 unspecified atom stereocenters. The van der Waals surface area contributed by atoms with E-state index >= 15 is 0 Å². The Labute approximate surface area is 201 Å². The van der Waals surface area contributed by atoms with Crippen molar-refractivity contribution in [3.63, 3.8) is 0 Å². The number of hydrogen-bond acceptors (Lipinski definition) is 0. The van der Waals surface area contributed by atoms with Crippen molar-refractivity contribution in [3.8, 4) is 23.7 Å². The zero-order chi connectivity index (χ0) is 24.8. The molecule has 4 aromatic carbocycles. The van der Waals surface area contributed by atoms with Gasteiger partial charge in [-0.3, -0.25) is 0 Å². The maximum absolute atomic E-state index is 14.6. The van der Waals surface area contributed by atoms with Gasteiger partial charge in [0.05, 0.1) is 5.56 Å². The van der Waals surface area contributed by atoms with E-state index in [2.05, 4.69) is 29.8 Å². The summed E-state index contributed by atoms with van der Waals surface area (Å²) in [4.78, 5) is 0. The molecule has 0 saturated heterocycles. The lowest BCUT2D eigenvalue weighted by atomic mass is 10.1. The van der Waals surface area contributed by atoms with E-state index < -0.39 is 23.3 Å². The summed E-state index contributed by atoms with van der Waals surface area (Å²) in [5.41, 5.74) is 2.17. The summed E-state index contributed by atoms with van der Waals surface area (Å²) >= 11 is 0. The third kappa shape index (κ3) is 5.99. The molecule has 0 N–H and O–H groups in total. The van der Waals surface area contributed by atoms with Crippen LogP contribution >= 0.6 is 0 Å². The number of hydrogen-bond donors (Lipinski definition) is 0. The minimum atomic E-state index is -0.975. The topological polar surface area (TPSA) is 0 Å². The fourth-order valence-electron chi connectivity index (χ4n) is 3.54. The van der Waals surface area contributed by atoms with Gasteiger partial charge in [0.1, 0.15) is 11.6 Å². The number of rotatable bonds is 3. The van der Waals surface area contributed by atoms with Crippen LogP contribution < -0.4 is 0 Å². The third-order valence-electron chi connectivity index (χ3n) is 5.39. The van der Waals surface area contributed by atoms with Crippen LogP contribution in [0.2, 0.25) is 0 Å². The zero-order valence-electron chi connectivity index (χ0n) is 18.9. The second-order valence-electron chi connectivity index (χ2n) is 7.95. The Balaban J connectivity index is 1.53. The average Bonchev–Trinajstić information content (AvgIpc) is 2.84. The summed E-state index contributed by atoms with van der Waals surface area (Å²) in [6, 6.07) is 16.9. The van der Waals surface area contributed by atoms with Gasteiger partial charge in [-0.15, -0.1) is 0 Å². The molecule has 172 valence electrons. The monoisotopic (exact) mass is 468 g/mol. The van der Waals surface area contributed by atoms with Crippen LogP contribution in [-0.4, -0.2) is 0 Å². The van der Waals surface area contributed by atoms with Gasteiger partial charge in [-0.2, -0.15) is 0 Å². The Morgan fingerprint density at radius 3 is 1.89 bits per heavy atom. The van der Waals surface area contributed by atoms with Gasteiger partial charge in [-0.25, -0.2) is 17.6 Å². The van der Waals surface area contributed by atoms with Crippen LogP contribution in [0.1, 0.15) is 41.2 Å². The Morgan fingerprint density at radius 2 is 1.20 bits per heavy atom. The highest BCUT2D eigenvalue weighted by Crippen LogP contribution is 2.20. The highest BCUT2D eigenvalue weighted by molar-refractivity contribution is 5.84. The molecule has 0 radical (unpaired) electrons. The molecular formula is C31H20F4. The van der Waals surface area contributed by atoms with Gasteiger partial charge in [-0.05, 0) is 84.6 Å². The first-order chi connectivity index (χ1) is 16.9. The van der Waals surface area contributed by atoms with Crippen molar-refractivity contribution in [1.29, 1.82) is 0 Å². The molecule has 4 heteroatoms. The first-order valence-electron chi connectivity index (χ1n) is 11.0. The minimum Gasteiger partial charge on any atom is -0.205 e. The van der Waals surface area contributed by atoms with Crippen LogP contribution in [0, 0.1) is 47.0 Å². The zero-order valence-corrected chi connectivity index (χ0v) is 18.9. The summed E-state index contributed by atoms with van der Waals surface area (Å²) in [5.74, 6) is 7.32. The van der Waals surface area contributed by atoms with E-state index in [-0.39, 0.29) is 11.1 Å². The largest absolute Gasteiger partial charge is 0.205 e. The summed E-state index contributed by atoms with van der Waals surface area (Å²) < 4.78 is 56.0. The van der Waals surface area contributed by atoms with Gasteiger partial charge >= 0.3 is 0 Å². The van der Waals surface area contributed by atoms with Crippen molar-refractivity contribution < 1.29 is 17.6 Å². The molecule has 0 heterocycles. The van der Waals surface area contributed by atoms with Gasteiger partial charge in [-0.1, -0.05) is 54.0 Å². The van der Waals surface area contributed by atoms with Gasteiger partial charge in [0, 0.05) is 16.7 Å². The number of allylic oxidation sites excluding steroid dienone is 2. The summed E-state index contributed by atoms with van der Waals surface area (Å²) in [6.45, 7) is 1.99. The molecule has 0 aliphatic rings. The van der Waals surface area contributed by atoms with Gasteiger partial charge in [0.25, 0.3) is 0 Å². The lowest BCUT2D eigenvalue weighted by Gasteiger charge is -2.01. The molecule has 0 aliphatic heterocycles. The first-order valence-corrected chi connectivity index (χ1v) is 11.0. The van der Waals surface area contributed by atoms with Crippen molar-refractivity contribution in [2.75, 3.05) is 0 Å². The first kappa shape index (κ1) is 23.9. The Bertz CT molecular complexity index is 1520. The summed E-state index contributed by atoms with van der Waals surface area (Å²) in [7, 11) is 0. The quantitative estimate of drug-likeness (QED) is 0.164. The third-order valence-corrected chi connectivity index (χ3v) is 5.39. The van der Waals surface area contributed by atoms with Crippen LogP contribution in [0.4, 0.5) is 17.6 Å². The lowest BCUT2D eigenvalue weighted by Crippen LogP contribution is -1.93. The van der Waals surface area contributed by atoms with E-state index in [0.717, 1.165) is 42.7 Å². The molecule has 0 fully saturated rings. The van der Waals surface area contributed by atoms with E-state index in [4.69, 9.17) is 0 Å². The Hall–Kier alpha value is -4.28.